The molecule has 2 aliphatic rings. The summed E-state index contributed by atoms with van der Waals surface area (Å²) >= 11 is 0. The lowest BCUT2D eigenvalue weighted by molar-refractivity contribution is 0.0623. The third-order valence-electron chi connectivity index (χ3n) is 5.79. The van der Waals surface area contributed by atoms with Gasteiger partial charge >= 0.3 is 0 Å². The molecule has 1 saturated heterocycles. The number of piperidine rings is 1. The van der Waals surface area contributed by atoms with Crippen LogP contribution in [0.1, 0.15) is 41.6 Å². The van der Waals surface area contributed by atoms with Gasteiger partial charge in [0.2, 0.25) is 0 Å². The summed E-state index contributed by atoms with van der Waals surface area (Å²) in [6.45, 7) is 2.98. The predicted molar refractivity (Wildman–Crippen MR) is 114 cm³/mol. The second kappa shape index (κ2) is 8.46. The fourth-order valence-corrected chi connectivity index (χ4v) is 4.19. The second-order valence-corrected chi connectivity index (χ2v) is 8.44. The first-order chi connectivity index (χ1) is 13.6. The molecule has 0 unspecified atom stereocenters. The minimum atomic E-state index is 0.210. The Balaban J connectivity index is 1.48. The molecule has 0 aromatic heterocycles. The summed E-state index contributed by atoms with van der Waals surface area (Å²) in [5.74, 6) is 0.210. The van der Waals surface area contributed by atoms with Crippen molar-refractivity contribution in [1.29, 1.82) is 0 Å². The molecule has 1 N–H and O–H groups in total. The van der Waals surface area contributed by atoms with Gasteiger partial charge in [-0.2, -0.15) is 0 Å². The van der Waals surface area contributed by atoms with E-state index >= 15 is 0 Å². The Morgan fingerprint density at radius 1 is 0.857 bits per heavy atom. The molecular formula is C24H31N3O. The molecule has 1 aliphatic carbocycles. The van der Waals surface area contributed by atoms with E-state index in [1.165, 1.54) is 11.1 Å². The summed E-state index contributed by atoms with van der Waals surface area (Å²) < 4.78 is 0. The highest BCUT2D eigenvalue weighted by atomic mass is 16.2. The van der Waals surface area contributed by atoms with Gasteiger partial charge in [0.05, 0.1) is 0 Å². The van der Waals surface area contributed by atoms with Crippen molar-refractivity contribution in [1.82, 2.24) is 15.1 Å². The molecule has 28 heavy (non-hydrogen) atoms. The highest BCUT2D eigenvalue weighted by Crippen LogP contribution is 2.33. The molecule has 4 nitrogen and oxygen atoms in total. The molecule has 1 aliphatic heterocycles. The van der Waals surface area contributed by atoms with Gasteiger partial charge in [-0.15, -0.1) is 0 Å². The first kappa shape index (κ1) is 19.2. The smallest absolute Gasteiger partial charge is 0.254 e. The van der Waals surface area contributed by atoms with Crippen molar-refractivity contribution in [2.75, 3.05) is 27.2 Å². The van der Waals surface area contributed by atoms with E-state index in [0.717, 1.165) is 56.4 Å². The van der Waals surface area contributed by atoms with Crippen LogP contribution in [0.2, 0.25) is 0 Å². The van der Waals surface area contributed by atoms with Gasteiger partial charge in [-0.05, 0) is 81.7 Å². The van der Waals surface area contributed by atoms with Crippen LogP contribution in [0.15, 0.2) is 48.5 Å². The van der Waals surface area contributed by atoms with Gasteiger partial charge < -0.3 is 15.1 Å². The van der Waals surface area contributed by atoms with Crippen molar-refractivity contribution in [2.45, 2.75) is 44.3 Å². The SMILES string of the molecule is CN(C)Cc1ccc(-c2ccc(C(=O)N(C3CCNCC3)C3CC3)cc2)cc1. The maximum atomic E-state index is 13.2. The van der Waals surface area contributed by atoms with Gasteiger partial charge in [-0.25, -0.2) is 0 Å². The Kier molecular flexibility index (Phi) is 5.79. The van der Waals surface area contributed by atoms with E-state index in [4.69, 9.17) is 0 Å². The molecule has 148 valence electrons. The Morgan fingerprint density at radius 2 is 1.39 bits per heavy atom. The third-order valence-corrected chi connectivity index (χ3v) is 5.79. The fourth-order valence-electron chi connectivity index (χ4n) is 4.19. The van der Waals surface area contributed by atoms with E-state index in [1.807, 2.05) is 12.1 Å². The number of hydrogen-bond acceptors (Lipinski definition) is 3. The highest BCUT2D eigenvalue weighted by Gasteiger charge is 2.38. The quantitative estimate of drug-likeness (QED) is 0.832. The van der Waals surface area contributed by atoms with Gasteiger partial charge in [-0.1, -0.05) is 36.4 Å². The van der Waals surface area contributed by atoms with Crippen LogP contribution in [0.3, 0.4) is 0 Å². The van der Waals surface area contributed by atoms with Gasteiger partial charge in [0, 0.05) is 24.2 Å². The number of nitrogens with zero attached hydrogens (tertiary/aromatic N) is 2. The van der Waals surface area contributed by atoms with E-state index in [0.29, 0.717) is 12.1 Å². The van der Waals surface area contributed by atoms with Crippen molar-refractivity contribution < 1.29 is 4.79 Å². The molecule has 1 saturated carbocycles. The van der Waals surface area contributed by atoms with E-state index in [9.17, 15) is 4.79 Å². The molecular weight excluding hydrogens is 346 g/mol. The largest absolute Gasteiger partial charge is 0.333 e. The standard InChI is InChI=1S/C24H31N3O/c1-26(2)17-18-3-5-19(6-4-18)20-7-9-21(10-8-20)24(28)27(22-11-12-22)23-13-15-25-16-14-23/h3-10,22-23,25H,11-17H2,1-2H3. The van der Waals surface area contributed by atoms with Crippen LogP contribution in [0, 0.1) is 0 Å². The maximum Gasteiger partial charge on any atom is 0.254 e. The van der Waals surface area contributed by atoms with Gasteiger partial charge in [0.1, 0.15) is 0 Å². The molecule has 0 spiro atoms. The molecule has 1 heterocycles. The Labute approximate surface area is 168 Å². The van der Waals surface area contributed by atoms with Crippen LogP contribution in [-0.4, -0.2) is 55.0 Å². The number of carbonyl (C=O) groups is 1. The van der Waals surface area contributed by atoms with E-state index < -0.39 is 0 Å². The molecule has 1 amide bonds. The Hall–Kier alpha value is -2.17. The van der Waals surface area contributed by atoms with Crippen LogP contribution < -0.4 is 5.32 Å². The molecule has 4 rings (SSSR count). The maximum absolute atomic E-state index is 13.2. The molecule has 0 atom stereocenters. The summed E-state index contributed by atoms with van der Waals surface area (Å²) in [6.07, 6.45) is 4.46. The Morgan fingerprint density at radius 3 is 1.93 bits per heavy atom. The summed E-state index contributed by atoms with van der Waals surface area (Å²) in [6, 6.07) is 17.7. The first-order valence-electron chi connectivity index (χ1n) is 10.5. The lowest BCUT2D eigenvalue weighted by Gasteiger charge is -2.35. The monoisotopic (exact) mass is 377 g/mol. The average molecular weight is 378 g/mol. The first-order valence-corrected chi connectivity index (χ1v) is 10.5. The summed E-state index contributed by atoms with van der Waals surface area (Å²) in [7, 11) is 4.16. The van der Waals surface area contributed by atoms with Crippen LogP contribution in [0.4, 0.5) is 0 Å². The molecule has 4 heteroatoms. The van der Waals surface area contributed by atoms with E-state index in [1.54, 1.807) is 0 Å². The lowest BCUT2D eigenvalue weighted by Crippen LogP contribution is -2.47. The molecule has 2 aromatic rings. The number of carbonyl (C=O) groups excluding carboxylic acids is 1. The Bertz CT molecular complexity index is 788. The summed E-state index contributed by atoms with van der Waals surface area (Å²) in [4.78, 5) is 17.6. The van der Waals surface area contributed by atoms with Crippen LogP contribution in [0.5, 0.6) is 0 Å². The van der Waals surface area contributed by atoms with Crippen molar-refractivity contribution in [3.63, 3.8) is 0 Å². The molecule has 0 radical (unpaired) electrons. The van der Waals surface area contributed by atoms with E-state index in [2.05, 4.69) is 65.6 Å². The van der Waals surface area contributed by atoms with Crippen molar-refractivity contribution in [3.05, 3.63) is 59.7 Å². The zero-order chi connectivity index (χ0) is 19.5. The van der Waals surface area contributed by atoms with Gasteiger partial charge in [0.25, 0.3) is 5.91 Å². The van der Waals surface area contributed by atoms with E-state index in [-0.39, 0.29) is 5.91 Å². The number of amides is 1. The number of hydrogen-bond donors (Lipinski definition) is 1. The third kappa shape index (κ3) is 4.45. The zero-order valence-corrected chi connectivity index (χ0v) is 17.0. The highest BCUT2D eigenvalue weighted by molar-refractivity contribution is 5.95. The number of nitrogens with one attached hydrogen (secondary N) is 1. The van der Waals surface area contributed by atoms with Crippen LogP contribution in [0.25, 0.3) is 11.1 Å². The number of benzene rings is 2. The van der Waals surface area contributed by atoms with Crippen molar-refractivity contribution in [3.8, 4) is 11.1 Å². The fraction of sp³-hybridized carbons (Fsp3) is 0.458. The van der Waals surface area contributed by atoms with Crippen LogP contribution in [-0.2, 0) is 6.54 Å². The lowest BCUT2D eigenvalue weighted by atomic mass is 10.0. The normalized spacial score (nSPS) is 17.7. The number of rotatable bonds is 6. The molecule has 2 aromatic carbocycles. The van der Waals surface area contributed by atoms with Crippen molar-refractivity contribution >= 4 is 5.91 Å². The average Bonchev–Trinajstić information content (AvgIpc) is 3.54. The minimum Gasteiger partial charge on any atom is -0.333 e. The topological polar surface area (TPSA) is 35.6 Å². The second-order valence-electron chi connectivity index (χ2n) is 8.44. The van der Waals surface area contributed by atoms with Gasteiger partial charge in [0.15, 0.2) is 0 Å². The zero-order valence-electron chi connectivity index (χ0n) is 17.0. The summed E-state index contributed by atoms with van der Waals surface area (Å²) in [5.41, 5.74) is 4.48. The van der Waals surface area contributed by atoms with Gasteiger partial charge in [-0.3, -0.25) is 4.79 Å². The summed E-state index contributed by atoms with van der Waals surface area (Å²) in [5, 5.41) is 3.41. The van der Waals surface area contributed by atoms with Crippen LogP contribution >= 0.6 is 0 Å². The minimum absolute atomic E-state index is 0.210. The van der Waals surface area contributed by atoms with Crippen molar-refractivity contribution in [2.24, 2.45) is 0 Å². The molecule has 2 fully saturated rings. The molecule has 0 bridgehead atoms. The predicted octanol–water partition coefficient (Wildman–Crippen LogP) is 3.77.